The van der Waals surface area contributed by atoms with Gasteiger partial charge in [0.25, 0.3) is 0 Å². The first kappa shape index (κ1) is 13.5. The van der Waals surface area contributed by atoms with E-state index in [2.05, 4.69) is 20.5 Å². The Bertz CT molecular complexity index is 509. The van der Waals surface area contributed by atoms with Crippen molar-refractivity contribution in [1.29, 1.82) is 0 Å². The lowest BCUT2D eigenvalue weighted by Gasteiger charge is -2.05. The van der Waals surface area contributed by atoms with Crippen molar-refractivity contribution < 1.29 is 4.79 Å². The zero-order valence-corrected chi connectivity index (χ0v) is 11.1. The molecule has 2 aromatic rings. The van der Waals surface area contributed by atoms with Crippen molar-refractivity contribution in [2.75, 3.05) is 6.54 Å². The molecular formula is C11H15ClN6O. The number of carbonyl (C=O) groups excluding carboxylic acids is 1. The lowest BCUT2D eigenvalue weighted by molar-refractivity contribution is -0.121. The molecule has 0 atom stereocenters. The first-order valence-electron chi connectivity index (χ1n) is 6.01. The number of amides is 1. The summed E-state index contributed by atoms with van der Waals surface area (Å²) in [5, 5.41) is 11.4. The van der Waals surface area contributed by atoms with E-state index in [1.807, 2.05) is 0 Å². The number of nitrogens with zero attached hydrogens (tertiary/aromatic N) is 5. The van der Waals surface area contributed by atoms with Crippen LogP contribution in [0.3, 0.4) is 0 Å². The summed E-state index contributed by atoms with van der Waals surface area (Å²) in [6.07, 6.45) is 7.62. The summed E-state index contributed by atoms with van der Waals surface area (Å²) in [6, 6.07) is 0. The quantitative estimate of drug-likeness (QED) is 0.812. The molecule has 0 aromatic carbocycles. The minimum absolute atomic E-state index is 0.0263. The predicted octanol–water partition coefficient (Wildman–Crippen LogP) is 0.725. The summed E-state index contributed by atoms with van der Waals surface area (Å²) in [7, 11) is 0. The first-order chi connectivity index (χ1) is 9.24. The third-order valence-corrected chi connectivity index (χ3v) is 2.72. The van der Waals surface area contributed by atoms with E-state index in [4.69, 9.17) is 11.6 Å². The van der Waals surface area contributed by atoms with Gasteiger partial charge in [-0.25, -0.2) is 4.98 Å². The average Bonchev–Trinajstić information content (AvgIpc) is 3.01. The highest BCUT2D eigenvalue weighted by Crippen LogP contribution is 2.03. The van der Waals surface area contributed by atoms with E-state index in [0.717, 1.165) is 6.42 Å². The van der Waals surface area contributed by atoms with Crippen molar-refractivity contribution >= 4 is 17.5 Å². The highest BCUT2D eigenvalue weighted by molar-refractivity contribution is 6.30. The van der Waals surface area contributed by atoms with Crippen LogP contribution in [-0.2, 0) is 17.9 Å². The Morgan fingerprint density at radius 1 is 1.32 bits per heavy atom. The van der Waals surface area contributed by atoms with Gasteiger partial charge in [-0.2, -0.15) is 10.2 Å². The molecule has 0 aliphatic carbocycles. The molecule has 0 radical (unpaired) electrons. The molecule has 8 heteroatoms. The van der Waals surface area contributed by atoms with Gasteiger partial charge >= 0.3 is 0 Å². The third kappa shape index (κ3) is 4.70. The van der Waals surface area contributed by atoms with Gasteiger partial charge in [-0.15, -0.1) is 0 Å². The molecular weight excluding hydrogens is 268 g/mol. The number of carbonyl (C=O) groups is 1. The number of nitrogens with one attached hydrogen (secondary N) is 1. The van der Waals surface area contributed by atoms with Gasteiger partial charge in [-0.3, -0.25) is 14.2 Å². The largest absolute Gasteiger partial charge is 0.354 e. The van der Waals surface area contributed by atoms with E-state index < -0.39 is 0 Å². The lowest BCUT2D eigenvalue weighted by Crippen LogP contribution is -2.27. The molecule has 0 bridgehead atoms. The van der Waals surface area contributed by atoms with Gasteiger partial charge in [0.2, 0.25) is 5.91 Å². The highest BCUT2D eigenvalue weighted by Gasteiger charge is 2.02. The number of hydrogen-bond acceptors (Lipinski definition) is 4. The summed E-state index contributed by atoms with van der Waals surface area (Å²) < 4.78 is 3.40. The fourth-order valence-corrected chi connectivity index (χ4v) is 1.76. The maximum Gasteiger partial charge on any atom is 0.220 e. The van der Waals surface area contributed by atoms with Crippen LogP contribution in [0.4, 0.5) is 0 Å². The molecule has 0 spiro atoms. The Hall–Kier alpha value is -1.89. The van der Waals surface area contributed by atoms with Gasteiger partial charge < -0.3 is 5.32 Å². The molecule has 1 amide bonds. The Balaban J connectivity index is 1.57. The summed E-state index contributed by atoms with van der Waals surface area (Å²) in [5.41, 5.74) is 0. The fraction of sp³-hybridized carbons (Fsp3) is 0.455. The second kappa shape index (κ2) is 6.89. The van der Waals surface area contributed by atoms with E-state index in [1.165, 1.54) is 6.33 Å². The SMILES string of the molecule is O=C(CCCn1cncn1)NCCn1cc(Cl)cn1. The van der Waals surface area contributed by atoms with Gasteiger partial charge in [-0.05, 0) is 6.42 Å². The van der Waals surface area contributed by atoms with Crippen LogP contribution in [0, 0.1) is 0 Å². The van der Waals surface area contributed by atoms with Crippen LogP contribution in [0.5, 0.6) is 0 Å². The summed E-state index contributed by atoms with van der Waals surface area (Å²) >= 11 is 5.74. The second-order valence-corrected chi connectivity index (χ2v) is 4.47. The second-order valence-electron chi connectivity index (χ2n) is 4.03. The minimum Gasteiger partial charge on any atom is -0.354 e. The Morgan fingerprint density at radius 3 is 2.89 bits per heavy atom. The maximum absolute atomic E-state index is 11.6. The molecule has 19 heavy (non-hydrogen) atoms. The van der Waals surface area contributed by atoms with Gasteiger partial charge in [0.1, 0.15) is 12.7 Å². The predicted molar refractivity (Wildman–Crippen MR) is 69.5 cm³/mol. The Labute approximate surface area is 115 Å². The Morgan fingerprint density at radius 2 is 2.21 bits per heavy atom. The number of hydrogen-bond donors (Lipinski definition) is 1. The molecule has 7 nitrogen and oxygen atoms in total. The van der Waals surface area contributed by atoms with Crippen LogP contribution < -0.4 is 5.32 Å². The first-order valence-corrected chi connectivity index (χ1v) is 6.39. The van der Waals surface area contributed by atoms with Crippen LogP contribution in [0.1, 0.15) is 12.8 Å². The Kier molecular flexibility index (Phi) is 4.91. The van der Waals surface area contributed by atoms with E-state index in [1.54, 1.807) is 28.1 Å². The van der Waals surface area contributed by atoms with E-state index in [0.29, 0.717) is 31.1 Å². The fourth-order valence-electron chi connectivity index (χ4n) is 1.61. The van der Waals surface area contributed by atoms with Gasteiger partial charge in [-0.1, -0.05) is 11.6 Å². The van der Waals surface area contributed by atoms with Gasteiger partial charge in [0, 0.05) is 25.7 Å². The van der Waals surface area contributed by atoms with Gasteiger partial charge in [0.05, 0.1) is 17.8 Å². The number of halogens is 1. The van der Waals surface area contributed by atoms with Crippen molar-refractivity contribution in [3.8, 4) is 0 Å². The molecule has 2 rings (SSSR count). The molecule has 0 fully saturated rings. The van der Waals surface area contributed by atoms with Crippen LogP contribution in [-0.4, -0.2) is 37.0 Å². The maximum atomic E-state index is 11.6. The smallest absolute Gasteiger partial charge is 0.220 e. The lowest BCUT2D eigenvalue weighted by atomic mass is 10.3. The topological polar surface area (TPSA) is 77.6 Å². The summed E-state index contributed by atoms with van der Waals surface area (Å²) in [4.78, 5) is 15.4. The monoisotopic (exact) mass is 282 g/mol. The van der Waals surface area contributed by atoms with Crippen molar-refractivity contribution in [2.24, 2.45) is 0 Å². The minimum atomic E-state index is 0.0263. The van der Waals surface area contributed by atoms with E-state index >= 15 is 0 Å². The molecule has 0 saturated carbocycles. The standard InChI is InChI=1S/C11H15ClN6O/c12-10-6-15-17(7-10)5-3-14-11(19)2-1-4-18-9-13-8-16-18/h6-9H,1-5H2,(H,14,19). The summed E-state index contributed by atoms with van der Waals surface area (Å²) in [6.45, 7) is 1.85. The normalized spacial score (nSPS) is 10.6. The number of aromatic nitrogens is 5. The third-order valence-electron chi connectivity index (χ3n) is 2.52. The van der Waals surface area contributed by atoms with E-state index in [9.17, 15) is 4.79 Å². The highest BCUT2D eigenvalue weighted by atomic mass is 35.5. The molecule has 0 aliphatic rings. The van der Waals surface area contributed by atoms with Crippen molar-refractivity contribution in [1.82, 2.24) is 29.9 Å². The number of rotatable bonds is 7. The zero-order chi connectivity index (χ0) is 13.5. The molecule has 0 aliphatic heterocycles. The average molecular weight is 283 g/mol. The van der Waals surface area contributed by atoms with Crippen LogP contribution in [0.2, 0.25) is 5.02 Å². The van der Waals surface area contributed by atoms with Gasteiger partial charge in [0.15, 0.2) is 0 Å². The molecule has 0 unspecified atom stereocenters. The van der Waals surface area contributed by atoms with Crippen molar-refractivity contribution in [3.63, 3.8) is 0 Å². The summed E-state index contributed by atoms with van der Waals surface area (Å²) in [5.74, 6) is 0.0263. The van der Waals surface area contributed by atoms with Crippen molar-refractivity contribution in [3.05, 3.63) is 30.1 Å². The molecule has 2 aromatic heterocycles. The molecule has 102 valence electrons. The van der Waals surface area contributed by atoms with Crippen LogP contribution >= 0.6 is 11.6 Å². The van der Waals surface area contributed by atoms with Crippen LogP contribution in [0.25, 0.3) is 0 Å². The van der Waals surface area contributed by atoms with Crippen LogP contribution in [0.15, 0.2) is 25.0 Å². The van der Waals surface area contributed by atoms with E-state index in [-0.39, 0.29) is 5.91 Å². The zero-order valence-electron chi connectivity index (χ0n) is 10.4. The number of aryl methyl sites for hydroxylation is 1. The van der Waals surface area contributed by atoms with Crippen molar-refractivity contribution in [2.45, 2.75) is 25.9 Å². The molecule has 2 heterocycles. The molecule has 1 N–H and O–H groups in total. The molecule has 0 saturated heterocycles.